The van der Waals surface area contributed by atoms with E-state index >= 15 is 0 Å². The Balaban J connectivity index is 1.70. The number of rotatable bonds is 12. The zero-order chi connectivity index (χ0) is 23.6. The lowest BCUT2D eigenvalue weighted by Crippen LogP contribution is -2.11. The summed E-state index contributed by atoms with van der Waals surface area (Å²) in [7, 11) is 3.16. The Kier molecular flexibility index (Phi) is 8.40. The third kappa shape index (κ3) is 6.31. The van der Waals surface area contributed by atoms with Gasteiger partial charge in [-0.1, -0.05) is 31.5 Å². The van der Waals surface area contributed by atoms with Gasteiger partial charge in [0, 0.05) is 12.2 Å². The van der Waals surface area contributed by atoms with E-state index in [0.717, 1.165) is 30.5 Å². The number of nitro groups is 1. The van der Waals surface area contributed by atoms with Crippen molar-refractivity contribution in [2.75, 3.05) is 31.4 Å². The Morgan fingerprint density at radius 2 is 1.64 bits per heavy atom. The molecule has 0 radical (unpaired) electrons. The van der Waals surface area contributed by atoms with Crippen LogP contribution in [0.25, 0.3) is 0 Å². The van der Waals surface area contributed by atoms with Crippen molar-refractivity contribution in [3.63, 3.8) is 0 Å². The first-order valence-corrected chi connectivity index (χ1v) is 10.9. The number of hydrogen-bond acceptors (Lipinski definition) is 8. The van der Waals surface area contributed by atoms with Gasteiger partial charge in [-0.05, 0) is 54.7 Å². The molecule has 0 atom stereocenters. The molecule has 3 aromatic rings. The summed E-state index contributed by atoms with van der Waals surface area (Å²) in [5, 5.41) is 17.9. The second-order valence-corrected chi connectivity index (χ2v) is 7.47. The molecule has 0 aliphatic carbocycles. The Morgan fingerprint density at radius 1 is 0.939 bits per heavy atom. The Hall–Kier alpha value is -3.88. The van der Waals surface area contributed by atoms with Crippen LogP contribution < -0.4 is 20.1 Å². The van der Waals surface area contributed by atoms with Gasteiger partial charge in [-0.25, -0.2) is 9.97 Å². The summed E-state index contributed by atoms with van der Waals surface area (Å²) in [6, 6.07) is 13.5. The van der Waals surface area contributed by atoms with Gasteiger partial charge in [0.1, 0.15) is 6.33 Å². The van der Waals surface area contributed by atoms with Crippen LogP contribution in [0.3, 0.4) is 0 Å². The lowest BCUT2D eigenvalue weighted by molar-refractivity contribution is -0.383. The highest BCUT2D eigenvalue weighted by Gasteiger charge is 2.23. The third-order valence-corrected chi connectivity index (χ3v) is 5.19. The molecule has 174 valence electrons. The van der Waals surface area contributed by atoms with Crippen LogP contribution >= 0.6 is 0 Å². The van der Waals surface area contributed by atoms with Crippen molar-refractivity contribution in [2.45, 2.75) is 32.6 Å². The average molecular weight is 452 g/mol. The lowest BCUT2D eigenvalue weighted by Gasteiger charge is -2.12. The van der Waals surface area contributed by atoms with Crippen molar-refractivity contribution in [3.05, 3.63) is 70.0 Å². The fourth-order valence-electron chi connectivity index (χ4n) is 3.41. The molecule has 9 heteroatoms. The van der Waals surface area contributed by atoms with Gasteiger partial charge in [0.15, 0.2) is 11.5 Å². The van der Waals surface area contributed by atoms with Crippen molar-refractivity contribution in [1.29, 1.82) is 0 Å². The number of ether oxygens (including phenoxy) is 2. The van der Waals surface area contributed by atoms with E-state index in [9.17, 15) is 10.1 Å². The predicted octanol–water partition coefficient (Wildman–Crippen LogP) is 5.14. The maximum absolute atomic E-state index is 11.8. The number of anilines is 3. The van der Waals surface area contributed by atoms with Crippen LogP contribution in [0.4, 0.5) is 23.0 Å². The summed E-state index contributed by atoms with van der Waals surface area (Å²) >= 11 is 0. The molecule has 1 heterocycles. The van der Waals surface area contributed by atoms with Crippen LogP contribution in [-0.4, -0.2) is 35.7 Å². The molecule has 2 aromatic carbocycles. The summed E-state index contributed by atoms with van der Waals surface area (Å²) in [5.74, 6) is 1.59. The Bertz CT molecular complexity index is 1070. The van der Waals surface area contributed by atoms with Crippen LogP contribution in [0.5, 0.6) is 11.5 Å². The average Bonchev–Trinajstić information content (AvgIpc) is 2.83. The fourth-order valence-corrected chi connectivity index (χ4v) is 3.41. The number of methoxy groups -OCH3 is 2. The van der Waals surface area contributed by atoms with E-state index in [-0.39, 0.29) is 17.3 Å². The zero-order valence-electron chi connectivity index (χ0n) is 19.1. The molecule has 9 nitrogen and oxygen atoms in total. The molecule has 1 aromatic heterocycles. The highest BCUT2D eigenvalue weighted by molar-refractivity contribution is 5.73. The second kappa shape index (κ2) is 11.7. The highest BCUT2D eigenvalue weighted by atomic mass is 16.6. The molecule has 0 amide bonds. The molecule has 0 unspecified atom stereocenters. The number of nitrogens with zero attached hydrogens (tertiary/aromatic N) is 3. The molecule has 0 fully saturated rings. The van der Waals surface area contributed by atoms with E-state index in [4.69, 9.17) is 9.47 Å². The maximum Gasteiger partial charge on any atom is 0.353 e. The molecular weight excluding hydrogens is 422 g/mol. The lowest BCUT2D eigenvalue weighted by atomic mass is 10.1. The molecule has 2 N–H and O–H groups in total. The topological polar surface area (TPSA) is 111 Å². The van der Waals surface area contributed by atoms with Gasteiger partial charge in [0.2, 0.25) is 11.6 Å². The zero-order valence-corrected chi connectivity index (χ0v) is 19.1. The first-order chi connectivity index (χ1) is 16.0. The highest BCUT2D eigenvalue weighted by Crippen LogP contribution is 2.32. The molecule has 33 heavy (non-hydrogen) atoms. The Labute approximate surface area is 193 Å². The van der Waals surface area contributed by atoms with E-state index in [1.165, 1.54) is 11.9 Å². The van der Waals surface area contributed by atoms with Crippen molar-refractivity contribution < 1.29 is 14.4 Å². The van der Waals surface area contributed by atoms with Crippen molar-refractivity contribution in [1.82, 2.24) is 9.97 Å². The molecule has 0 aliphatic heterocycles. The van der Waals surface area contributed by atoms with E-state index in [2.05, 4.69) is 27.5 Å². The van der Waals surface area contributed by atoms with E-state index in [0.29, 0.717) is 24.5 Å². The van der Waals surface area contributed by atoms with Gasteiger partial charge in [0.05, 0.1) is 19.1 Å². The summed E-state index contributed by atoms with van der Waals surface area (Å²) in [5.41, 5.74) is 2.77. The fraction of sp³-hybridized carbons (Fsp3) is 0.333. The van der Waals surface area contributed by atoms with E-state index < -0.39 is 4.92 Å². The van der Waals surface area contributed by atoms with Gasteiger partial charge < -0.3 is 20.1 Å². The predicted molar refractivity (Wildman–Crippen MR) is 129 cm³/mol. The molecule has 0 saturated carbocycles. The van der Waals surface area contributed by atoms with Gasteiger partial charge in [-0.3, -0.25) is 10.1 Å². The van der Waals surface area contributed by atoms with Gasteiger partial charge in [-0.15, -0.1) is 0 Å². The minimum absolute atomic E-state index is 0.143. The van der Waals surface area contributed by atoms with E-state index in [1.807, 2.05) is 42.5 Å². The van der Waals surface area contributed by atoms with Crippen LogP contribution in [0.15, 0.2) is 48.8 Å². The van der Waals surface area contributed by atoms with Crippen molar-refractivity contribution in [2.24, 2.45) is 0 Å². The number of aromatic nitrogens is 2. The number of unbranched alkanes of at least 4 members (excludes halogenated alkanes) is 1. The normalized spacial score (nSPS) is 10.5. The van der Waals surface area contributed by atoms with Gasteiger partial charge >= 0.3 is 5.69 Å². The quantitative estimate of drug-likeness (QED) is 0.287. The van der Waals surface area contributed by atoms with Crippen molar-refractivity contribution >= 4 is 23.0 Å². The number of aryl methyl sites for hydroxylation is 1. The van der Waals surface area contributed by atoms with Crippen molar-refractivity contribution in [3.8, 4) is 11.5 Å². The summed E-state index contributed by atoms with van der Waals surface area (Å²) in [4.78, 5) is 19.5. The largest absolute Gasteiger partial charge is 0.493 e. The minimum atomic E-state index is -0.476. The standard InChI is InChI=1S/C24H29N5O4/c1-4-5-6-17-7-10-19(11-8-17)28-24-22(29(30)31)23(26-16-27-24)25-14-13-18-9-12-20(32-2)21(15-18)33-3/h7-12,15-16H,4-6,13-14H2,1-3H3,(H2,25,26,27,28). The van der Waals surface area contributed by atoms with Crippen LogP contribution in [0.2, 0.25) is 0 Å². The number of nitrogens with one attached hydrogen (secondary N) is 2. The minimum Gasteiger partial charge on any atom is -0.493 e. The summed E-state index contributed by atoms with van der Waals surface area (Å²) in [6.07, 6.45) is 5.20. The van der Waals surface area contributed by atoms with Crippen LogP contribution in [0, 0.1) is 10.1 Å². The molecular formula is C24H29N5O4. The molecule has 0 spiro atoms. The molecule has 3 rings (SSSR count). The first-order valence-electron chi connectivity index (χ1n) is 10.9. The monoisotopic (exact) mass is 451 g/mol. The second-order valence-electron chi connectivity index (χ2n) is 7.47. The molecule has 0 aliphatic rings. The Morgan fingerprint density at radius 3 is 2.30 bits per heavy atom. The summed E-state index contributed by atoms with van der Waals surface area (Å²) in [6.45, 7) is 2.60. The SMILES string of the molecule is CCCCc1ccc(Nc2ncnc(NCCc3ccc(OC)c(OC)c3)c2[N+](=O)[O-])cc1. The maximum atomic E-state index is 11.8. The van der Waals surface area contributed by atoms with E-state index in [1.54, 1.807) is 14.2 Å². The molecule has 0 bridgehead atoms. The summed E-state index contributed by atoms with van der Waals surface area (Å²) < 4.78 is 10.6. The molecule has 0 saturated heterocycles. The van der Waals surface area contributed by atoms with Crippen LogP contribution in [0.1, 0.15) is 30.9 Å². The first kappa shape index (κ1) is 23.8. The van der Waals surface area contributed by atoms with Gasteiger partial charge in [-0.2, -0.15) is 0 Å². The third-order valence-electron chi connectivity index (χ3n) is 5.19. The number of hydrogen-bond donors (Lipinski definition) is 2. The smallest absolute Gasteiger partial charge is 0.353 e. The van der Waals surface area contributed by atoms with Gasteiger partial charge in [0.25, 0.3) is 0 Å². The number of benzene rings is 2. The van der Waals surface area contributed by atoms with Crippen LogP contribution in [-0.2, 0) is 12.8 Å².